The van der Waals surface area contributed by atoms with Gasteiger partial charge in [-0.05, 0) is 69.2 Å². The molecule has 1 atom stereocenters. The summed E-state index contributed by atoms with van der Waals surface area (Å²) in [6, 6.07) is 11.0. The lowest BCUT2D eigenvalue weighted by atomic mass is 10.1. The second-order valence-corrected chi connectivity index (χ2v) is 8.92. The number of aryl methyl sites for hydroxylation is 2. The third kappa shape index (κ3) is 6.15. The van der Waals surface area contributed by atoms with Crippen LogP contribution in [0.15, 0.2) is 41.6 Å². The number of benzene rings is 2. The molecule has 1 aromatic heterocycles. The van der Waals surface area contributed by atoms with Gasteiger partial charge in [-0.3, -0.25) is 4.79 Å². The average molecular weight is 479 g/mol. The highest BCUT2D eigenvalue weighted by Gasteiger charge is 2.20. The Morgan fingerprint density at radius 2 is 1.87 bits per heavy atom. The quantitative estimate of drug-likeness (QED) is 0.396. The molecule has 1 amide bonds. The molecule has 0 fully saturated rings. The second-order valence-electron chi connectivity index (χ2n) is 7.13. The van der Waals surface area contributed by atoms with Crippen LogP contribution < -0.4 is 10.1 Å². The number of hydrogen-bond acceptors (Lipinski definition) is 5. The number of carbonyl (C=O) groups is 1. The fourth-order valence-corrected chi connectivity index (χ4v) is 4.46. The Kier molecular flexibility index (Phi) is 7.86. The number of nitrogens with one attached hydrogen (secondary N) is 1. The Morgan fingerprint density at radius 1 is 1.16 bits per heavy atom. The predicted molar refractivity (Wildman–Crippen MR) is 126 cm³/mol. The lowest BCUT2D eigenvalue weighted by molar-refractivity contribution is -0.113. The van der Waals surface area contributed by atoms with E-state index in [9.17, 15) is 4.79 Å². The van der Waals surface area contributed by atoms with Crippen LogP contribution in [0, 0.1) is 13.8 Å². The van der Waals surface area contributed by atoms with E-state index in [0.29, 0.717) is 33.3 Å². The number of halogens is 2. The molecule has 31 heavy (non-hydrogen) atoms. The van der Waals surface area contributed by atoms with Crippen molar-refractivity contribution in [3.63, 3.8) is 0 Å². The smallest absolute Gasteiger partial charge is 0.234 e. The number of ether oxygens (including phenoxy) is 1. The molecule has 6 nitrogen and oxygen atoms in total. The standard InChI is InChI=1S/C22H24Cl2N4O2S/c1-5-28-21(15(4)30-19-7-6-16(23)11-18(19)24)26-27-22(28)31-12-20(29)25-17-9-13(2)8-14(3)10-17/h6-11,15H,5,12H2,1-4H3,(H,25,29). The number of amides is 1. The molecule has 3 rings (SSSR count). The van der Waals surface area contributed by atoms with Crippen molar-refractivity contribution in [2.45, 2.75) is 45.5 Å². The summed E-state index contributed by atoms with van der Waals surface area (Å²) in [7, 11) is 0. The van der Waals surface area contributed by atoms with E-state index >= 15 is 0 Å². The fraction of sp³-hybridized carbons (Fsp3) is 0.318. The molecule has 0 aliphatic rings. The SMILES string of the molecule is CCn1c(SCC(=O)Nc2cc(C)cc(C)c2)nnc1C(C)Oc1ccc(Cl)cc1Cl. The van der Waals surface area contributed by atoms with Gasteiger partial charge in [0.1, 0.15) is 5.75 Å². The van der Waals surface area contributed by atoms with Gasteiger partial charge in [0.2, 0.25) is 5.91 Å². The van der Waals surface area contributed by atoms with Crippen LogP contribution in [-0.2, 0) is 11.3 Å². The maximum absolute atomic E-state index is 12.4. The monoisotopic (exact) mass is 478 g/mol. The molecule has 0 saturated heterocycles. The molecule has 0 bridgehead atoms. The number of carbonyl (C=O) groups excluding carboxylic acids is 1. The van der Waals surface area contributed by atoms with Crippen LogP contribution >= 0.6 is 35.0 Å². The normalized spacial score (nSPS) is 11.9. The first kappa shape index (κ1) is 23.4. The molecule has 3 aromatic rings. The Bertz CT molecular complexity index is 1070. The summed E-state index contributed by atoms with van der Waals surface area (Å²) in [6.45, 7) is 8.52. The summed E-state index contributed by atoms with van der Waals surface area (Å²) in [5, 5.41) is 13.1. The minimum absolute atomic E-state index is 0.0977. The third-order valence-electron chi connectivity index (χ3n) is 4.46. The first-order chi connectivity index (χ1) is 14.8. The fourth-order valence-electron chi connectivity index (χ4n) is 3.19. The molecule has 164 valence electrons. The number of nitrogens with zero attached hydrogens (tertiary/aromatic N) is 3. The van der Waals surface area contributed by atoms with E-state index in [1.54, 1.807) is 18.2 Å². The maximum Gasteiger partial charge on any atom is 0.234 e. The number of aromatic nitrogens is 3. The summed E-state index contributed by atoms with van der Waals surface area (Å²) in [6.07, 6.45) is -0.385. The Morgan fingerprint density at radius 3 is 2.52 bits per heavy atom. The summed E-state index contributed by atoms with van der Waals surface area (Å²) in [5.74, 6) is 1.31. The molecular weight excluding hydrogens is 455 g/mol. The van der Waals surface area contributed by atoms with Gasteiger partial charge in [0, 0.05) is 17.3 Å². The molecule has 0 radical (unpaired) electrons. The summed E-state index contributed by atoms with van der Waals surface area (Å²) < 4.78 is 7.90. The predicted octanol–water partition coefficient (Wildman–Crippen LogP) is 6.09. The zero-order chi connectivity index (χ0) is 22.5. The van der Waals surface area contributed by atoms with Crippen molar-refractivity contribution in [1.82, 2.24) is 14.8 Å². The zero-order valence-corrected chi connectivity index (χ0v) is 20.1. The van der Waals surface area contributed by atoms with Gasteiger partial charge in [-0.2, -0.15) is 0 Å². The first-order valence-corrected chi connectivity index (χ1v) is 11.6. The molecular formula is C22H24Cl2N4O2S. The van der Waals surface area contributed by atoms with Gasteiger partial charge < -0.3 is 14.6 Å². The van der Waals surface area contributed by atoms with Crippen molar-refractivity contribution in [1.29, 1.82) is 0 Å². The van der Waals surface area contributed by atoms with Gasteiger partial charge in [-0.15, -0.1) is 10.2 Å². The van der Waals surface area contributed by atoms with Crippen LogP contribution in [0.25, 0.3) is 0 Å². The van der Waals surface area contributed by atoms with Gasteiger partial charge in [-0.1, -0.05) is 41.0 Å². The van der Waals surface area contributed by atoms with Crippen LogP contribution in [0.4, 0.5) is 5.69 Å². The van der Waals surface area contributed by atoms with E-state index in [4.69, 9.17) is 27.9 Å². The van der Waals surface area contributed by atoms with Crippen molar-refractivity contribution < 1.29 is 9.53 Å². The van der Waals surface area contributed by atoms with Crippen molar-refractivity contribution in [3.05, 3.63) is 63.4 Å². The molecule has 0 saturated carbocycles. The topological polar surface area (TPSA) is 69.0 Å². The Labute approximate surface area is 196 Å². The summed E-state index contributed by atoms with van der Waals surface area (Å²) in [5.41, 5.74) is 3.00. The molecule has 1 N–H and O–H groups in total. The van der Waals surface area contributed by atoms with Crippen molar-refractivity contribution >= 4 is 46.6 Å². The van der Waals surface area contributed by atoms with Crippen molar-refractivity contribution in [2.75, 3.05) is 11.1 Å². The first-order valence-electron chi connectivity index (χ1n) is 9.82. The highest BCUT2D eigenvalue weighted by Crippen LogP contribution is 2.31. The van der Waals surface area contributed by atoms with E-state index in [2.05, 4.69) is 21.6 Å². The highest BCUT2D eigenvalue weighted by atomic mass is 35.5. The zero-order valence-electron chi connectivity index (χ0n) is 17.8. The van der Waals surface area contributed by atoms with Gasteiger partial charge in [0.15, 0.2) is 17.1 Å². The minimum Gasteiger partial charge on any atom is -0.481 e. The van der Waals surface area contributed by atoms with E-state index in [-0.39, 0.29) is 17.8 Å². The number of thioether (sulfide) groups is 1. The van der Waals surface area contributed by atoms with E-state index in [1.807, 2.05) is 44.4 Å². The molecule has 2 aromatic carbocycles. The van der Waals surface area contributed by atoms with Gasteiger partial charge in [0.05, 0.1) is 10.8 Å². The van der Waals surface area contributed by atoms with Crippen LogP contribution in [0.3, 0.4) is 0 Å². The van der Waals surface area contributed by atoms with Crippen LogP contribution in [-0.4, -0.2) is 26.4 Å². The lowest BCUT2D eigenvalue weighted by Gasteiger charge is -2.16. The van der Waals surface area contributed by atoms with Gasteiger partial charge in [0.25, 0.3) is 0 Å². The molecule has 0 spiro atoms. The highest BCUT2D eigenvalue weighted by molar-refractivity contribution is 7.99. The maximum atomic E-state index is 12.4. The average Bonchev–Trinajstić information content (AvgIpc) is 3.10. The van der Waals surface area contributed by atoms with Crippen LogP contribution in [0.1, 0.15) is 36.9 Å². The van der Waals surface area contributed by atoms with E-state index < -0.39 is 0 Å². The molecule has 1 unspecified atom stereocenters. The summed E-state index contributed by atoms with van der Waals surface area (Å²) >= 11 is 13.5. The van der Waals surface area contributed by atoms with Gasteiger partial charge >= 0.3 is 0 Å². The number of anilines is 1. The lowest BCUT2D eigenvalue weighted by Crippen LogP contribution is -2.15. The van der Waals surface area contributed by atoms with Crippen LogP contribution in [0.5, 0.6) is 5.75 Å². The van der Waals surface area contributed by atoms with Crippen molar-refractivity contribution in [2.24, 2.45) is 0 Å². The van der Waals surface area contributed by atoms with Crippen molar-refractivity contribution in [3.8, 4) is 5.75 Å². The van der Waals surface area contributed by atoms with E-state index in [0.717, 1.165) is 16.8 Å². The molecule has 0 aliphatic heterocycles. The van der Waals surface area contributed by atoms with Gasteiger partial charge in [-0.25, -0.2) is 0 Å². The van der Waals surface area contributed by atoms with Crippen LogP contribution in [0.2, 0.25) is 10.0 Å². The van der Waals surface area contributed by atoms with E-state index in [1.165, 1.54) is 11.8 Å². The minimum atomic E-state index is -0.385. The number of rotatable bonds is 8. The Balaban J connectivity index is 1.65. The molecule has 0 aliphatic carbocycles. The summed E-state index contributed by atoms with van der Waals surface area (Å²) in [4.78, 5) is 12.4. The second kappa shape index (κ2) is 10.4. The molecule has 9 heteroatoms. The number of hydrogen-bond donors (Lipinski definition) is 1. The largest absolute Gasteiger partial charge is 0.481 e. The Hall–Kier alpha value is -2.22. The third-order valence-corrected chi connectivity index (χ3v) is 5.96. The molecule has 1 heterocycles.